The van der Waals surface area contributed by atoms with Gasteiger partial charge in [0.1, 0.15) is 6.04 Å². The van der Waals surface area contributed by atoms with E-state index in [1.807, 2.05) is 68.4 Å². The van der Waals surface area contributed by atoms with Crippen LogP contribution in [0.4, 0.5) is 5.69 Å². The van der Waals surface area contributed by atoms with Crippen LogP contribution in [-0.2, 0) is 0 Å². The van der Waals surface area contributed by atoms with E-state index in [2.05, 4.69) is 5.32 Å². The molecule has 4 heteroatoms. The summed E-state index contributed by atoms with van der Waals surface area (Å²) in [4.78, 5) is 11.2. The van der Waals surface area contributed by atoms with E-state index in [4.69, 9.17) is 0 Å². The molecule has 0 aliphatic heterocycles. The van der Waals surface area contributed by atoms with Gasteiger partial charge < -0.3 is 5.32 Å². The summed E-state index contributed by atoms with van der Waals surface area (Å²) < 4.78 is 0. The van der Waals surface area contributed by atoms with E-state index in [9.17, 15) is 10.1 Å². The highest BCUT2D eigenvalue weighted by atomic mass is 16.6. The maximum absolute atomic E-state index is 11.4. The van der Waals surface area contributed by atoms with Crippen LogP contribution < -0.4 is 5.32 Å². The standard InChI is InChI=1S/C17H20N2O2/c1-3-16(19(20)21)17(14-7-5-4-6-8-14)18-15-11-9-13(2)10-12-15/h4-12,16-18H,3H2,1-2H3/t16-,17-/m0/s1. The van der Waals surface area contributed by atoms with Gasteiger partial charge in [0.15, 0.2) is 0 Å². The van der Waals surface area contributed by atoms with Gasteiger partial charge in [0.25, 0.3) is 0 Å². The topological polar surface area (TPSA) is 55.2 Å². The van der Waals surface area contributed by atoms with Crippen LogP contribution in [0, 0.1) is 17.0 Å². The Bertz CT molecular complexity index is 581. The van der Waals surface area contributed by atoms with Crippen molar-refractivity contribution in [2.75, 3.05) is 5.32 Å². The van der Waals surface area contributed by atoms with Gasteiger partial charge in [0.2, 0.25) is 6.04 Å². The van der Waals surface area contributed by atoms with Crippen molar-refractivity contribution in [1.29, 1.82) is 0 Å². The van der Waals surface area contributed by atoms with Crippen LogP contribution in [0.25, 0.3) is 0 Å². The van der Waals surface area contributed by atoms with Gasteiger partial charge in [-0.05, 0) is 24.6 Å². The lowest BCUT2D eigenvalue weighted by atomic mass is 9.97. The zero-order valence-corrected chi connectivity index (χ0v) is 12.3. The smallest absolute Gasteiger partial charge is 0.236 e. The van der Waals surface area contributed by atoms with Crippen LogP contribution in [0.3, 0.4) is 0 Å². The number of nitro groups is 1. The van der Waals surface area contributed by atoms with Crippen molar-refractivity contribution < 1.29 is 4.92 Å². The fourth-order valence-corrected chi connectivity index (χ4v) is 2.40. The monoisotopic (exact) mass is 284 g/mol. The summed E-state index contributed by atoms with van der Waals surface area (Å²) in [5, 5.41) is 14.7. The van der Waals surface area contributed by atoms with Crippen LogP contribution in [0.2, 0.25) is 0 Å². The zero-order valence-electron chi connectivity index (χ0n) is 12.3. The van der Waals surface area contributed by atoms with Gasteiger partial charge in [-0.15, -0.1) is 0 Å². The number of aryl methyl sites for hydroxylation is 1. The first-order valence-electron chi connectivity index (χ1n) is 7.13. The zero-order chi connectivity index (χ0) is 15.2. The molecule has 2 rings (SSSR count). The van der Waals surface area contributed by atoms with Crippen molar-refractivity contribution in [2.45, 2.75) is 32.4 Å². The summed E-state index contributed by atoms with van der Waals surface area (Å²) in [6.07, 6.45) is 0.478. The van der Waals surface area contributed by atoms with E-state index in [1.165, 1.54) is 0 Å². The number of hydrogen-bond donors (Lipinski definition) is 1. The molecule has 0 aromatic heterocycles. The van der Waals surface area contributed by atoms with Gasteiger partial charge in [0.05, 0.1) is 0 Å². The summed E-state index contributed by atoms with van der Waals surface area (Å²) in [5.74, 6) is 0. The molecular formula is C17H20N2O2. The molecule has 0 fully saturated rings. The Morgan fingerprint density at radius 3 is 2.24 bits per heavy atom. The molecule has 0 aliphatic carbocycles. The molecule has 0 aliphatic rings. The maximum Gasteiger partial charge on any atom is 0.236 e. The van der Waals surface area contributed by atoms with Crippen LogP contribution in [0.5, 0.6) is 0 Å². The number of rotatable bonds is 6. The number of hydrogen-bond acceptors (Lipinski definition) is 3. The summed E-state index contributed by atoms with van der Waals surface area (Å²) >= 11 is 0. The summed E-state index contributed by atoms with van der Waals surface area (Å²) in [5.41, 5.74) is 2.99. The molecule has 4 nitrogen and oxygen atoms in total. The van der Waals surface area contributed by atoms with E-state index in [1.54, 1.807) is 0 Å². The third-order valence-corrected chi connectivity index (χ3v) is 3.61. The molecule has 0 heterocycles. The molecule has 2 aromatic rings. The number of nitrogens with zero attached hydrogens (tertiary/aromatic N) is 1. The lowest BCUT2D eigenvalue weighted by Crippen LogP contribution is -2.32. The normalized spacial score (nSPS) is 13.4. The Labute approximate surface area is 125 Å². The highest BCUT2D eigenvalue weighted by molar-refractivity contribution is 5.47. The van der Waals surface area contributed by atoms with Gasteiger partial charge in [-0.25, -0.2) is 0 Å². The van der Waals surface area contributed by atoms with Crippen LogP contribution >= 0.6 is 0 Å². The molecule has 0 amide bonds. The van der Waals surface area contributed by atoms with Crippen molar-refractivity contribution in [3.8, 4) is 0 Å². The maximum atomic E-state index is 11.4. The van der Waals surface area contributed by atoms with Crippen LogP contribution in [0.1, 0.15) is 30.5 Å². The fraction of sp³-hybridized carbons (Fsp3) is 0.294. The predicted molar refractivity (Wildman–Crippen MR) is 85.1 cm³/mol. The van der Waals surface area contributed by atoms with Crippen LogP contribution in [0.15, 0.2) is 54.6 Å². The third kappa shape index (κ3) is 3.81. The number of nitrogens with one attached hydrogen (secondary N) is 1. The summed E-state index contributed by atoms with van der Waals surface area (Å²) in [7, 11) is 0. The Hall–Kier alpha value is -2.36. The Balaban J connectivity index is 2.31. The molecule has 21 heavy (non-hydrogen) atoms. The average molecular weight is 284 g/mol. The quantitative estimate of drug-likeness (QED) is 0.638. The minimum Gasteiger partial charge on any atom is -0.372 e. The molecule has 0 saturated heterocycles. The highest BCUT2D eigenvalue weighted by Gasteiger charge is 2.30. The molecule has 0 bridgehead atoms. The van der Waals surface area contributed by atoms with Gasteiger partial charge in [-0.1, -0.05) is 55.0 Å². The Kier molecular flexibility index (Phi) is 4.93. The van der Waals surface area contributed by atoms with Gasteiger partial charge in [-0.2, -0.15) is 0 Å². The lowest BCUT2D eigenvalue weighted by Gasteiger charge is -2.23. The summed E-state index contributed by atoms with van der Waals surface area (Å²) in [6, 6.07) is 16.5. The Morgan fingerprint density at radius 2 is 1.71 bits per heavy atom. The van der Waals surface area contributed by atoms with Crippen molar-refractivity contribution in [1.82, 2.24) is 0 Å². The first-order valence-corrected chi connectivity index (χ1v) is 7.13. The summed E-state index contributed by atoms with van der Waals surface area (Å²) in [6.45, 7) is 3.87. The average Bonchev–Trinajstić information content (AvgIpc) is 2.49. The molecule has 2 atom stereocenters. The third-order valence-electron chi connectivity index (χ3n) is 3.61. The van der Waals surface area contributed by atoms with Crippen molar-refractivity contribution in [3.63, 3.8) is 0 Å². The molecule has 2 aromatic carbocycles. The number of anilines is 1. The molecule has 1 N–H and O–H groups in total. The van der Waals surface area contributed by atoms with Crippen LogP contribution in [-0.4, -0.2) is 11.0 Å². The van der Waals surface area contributed by atoms with E-state index in [0.717, 1.165) is 16.8 Å². The second-order valence-electron chi connectivity index (χ2n) is 5.16. The Morgan fingerprint density at radius 1 is 1.10 bits per heavy atom. The second-order valence-corrected chi connectivity index (χ2v) is 5.16. The van der Waals surface area contributed by atoms with Gasteiger partial charge in [-0.3, -0.25) is 10.1 Å². The van der Waals surface area contributed by atoms with Crippen molar-refractivity contribution in [2.24, 2.45) is 0 Å². The van der Waals surface area contributed by atoms with E-state index < -0.39 is 6.04 Å². The first kappa shape index (κ1) is 15.0. The molecule has 0 saturated carbocycles. The van der Waals surface area contributed by atoms with E-state index in [0.29, 0.717) is 6.42 Å². The molecule has 0 unspecified atom stereocenters. The minimum absolute atomic E-state index is 0.196. The largest absolute Gasteiger partial charge is 0.372 e. The van der Waals surface area contributed by atoms with E-state index >= 15 is 0 Å². The highest BCUT2D eigenvalue weighted by Crippen LogP contribution is 2.26. The first-order chi connectivity index (χ1) is 10.1. The number of benzene rings is 2. The fourth-order valence-electron chi connectivity index (χ4n) is 2.40. The molecule has 0 radical (unpaired) electrons. The molecular weight excluding hydrogens is 264 g/mol. The predicted octanol–water partition coefficient (Wildman–Crippen LogP) is 4.20. The van der Waals surface area contributed by atoms with Gasteiger partial charge >= 0.3 is 0 Å². The van der Waals surface area contributed by atoms with E-state index in [-0.39, 0.29) is 11.0 Å². The minimum atomic E-state index is -0.659. The molecule has 0 spiro atoms. The SMILES string of the molecule is CC[C@@H]([C@@H](Nc1ccc(C)cc1)c1ccccc1)[N+](=O)[O-]. The molecule has 110 valence electrons. The lowest BCUT2D eigenvalue weighted by molar-refractivity contribution is -0.526. The van der Waals surface area contributed by atoms with Crippen molar-refractivity contribution in [3.05, 3.63) is 75.8 Å². The second kappa shape index (κ2) is 6.88. The van der Waals surface area contributed by atoms with Crippen molar-refractivity contribution >= 4 is 5.69 Å². The van der Waals surface area contributed by atoms with Gasteiger partial charge in [0, 0.05) is 17.0 Å².